The molecular formula is C22H23N3O2. The zero-order valence-corrected chi connectivity index (χ0v) is 15.3. The molecule has 1 saturated heterocycles. The number of ether oxygens (including phenoxy) is 2. The molecule has 0 saturated carbocycles. The number of pyridine rings is 1. The van der Waals surface area contributed by atoms with Crippen LogP contribution in [0.15, 0.2) is 47.6 Å². The number of nitrogens with zero attached hydrogens (tertiary/aromatic N) is 3. The van der Waals surface area contributed by atoms with E-state index in [9.17, 15) is 0 Å². The van der Waals surface area contributed by atoms with Crippen LogP contribution in [0.1, 0.15) is 24.0 Å². The van der Waals surface area contributed by atoms with Crippen molar-refractivity contribution in [1.82, 2.24) is 9.88 Å². The summed E-state index contributed by atoms with van der Waals surface area (Å²) in [7, 11) is 0. The maximum atomic E-state index is 6.17. The second-order valence-electron chi connectivity index (χ2n) is 7.39. The quantitative estimate of drug-likeness (QED) is 0.814. The summed E-state index contributed by atoms with van der Waals surface area (Å²) in [6.07, 6.45) is 9.56. The lowest BCUT2D eigenvalue weighted by atomic mass is 10.1. The molecule has 4 heterocycles. The van der Waals surface area contributed by atoms with Crippen molar-refractivity contribution in [2.45, 2.75) is 25.4 Å². The first-order chi connectivity index (χ1) is 13.3. The van der Waals surface area contributed by atoms with Crippen LogP contribution in [0.3, 0.4) is 0 Å². The summed E-state index contributed by atoms with van der Waals surface area (Å²) in [5, 5.41) is 0. The van der Waals surface area contributed by atoms with Crippen LogP contribution in [0.4, 0.5) is 0 Å². The van der Waals surface area contributed by atoms with Crippen LogP contribution >= 0.6 is 0 Å². The molecule has 0 bridgehead atoms. The van der Waals surface area contributed by atoms with E-state index in [1.807, 2.05) is 42.8 Å². The van der Waals surface area contributed by atoms with E-state index in [0.29, 0.717) is 5.88 Å². The van der Waals surface area contributed by atoms with Gasteiger partial charge in [-0.3, -0.25) is 9.89 Å². The molecule has 1 aromatic carbocycles. The molecule has 3 aliphatic heterocycles. The van der Waals surface area contributed by atoms with Crippen molar-refractivity contribution in [3.8, 4) is 17.4 Å². The standard InChI is InChI=1S/C22H23N3O2/c1-2-10-25(9-1)15-20-11-16-3-5-19(12-21(16)26-20)27-22-6-4-17(14-24-22)18-7-8-23-13-18/h3-8,12,14,20H,1-2,9-11,13,15H2. The highest BCUT2D eigenvalue weighted by molar-refractivity contribution is 5.89. The molecule has 1 aromatic heterocycles. The number of rotatable bonds is 5. The van der Waals surface area contributed by atoms with Crippen molar-refractivity contribution < 1.29 is 9.47 Å². The minimum absolute atomic E-state index is 0.257. The predicted octanol–water partition coefficient (Wildman–Crippen LogP) is 3.74. The van der Waals surface area contributed by atoms with Crippen LogP contribution in [-0.2, 0) is 6.42 Å². The SMILES string of the molecule is C1=NCC(c2ccc(Oc3ccc4c(c3)OC(CN3CCCC3)C4)nc2)=C1. The summed E-state index contributed by atoms with van der Waals surface area (Å²) in [5.41, 5.74) is 3.54. The van der Waals surface area contributed by atoms with Crippen molar-refractivity contribution in [1.29, 1.82) is 0 Å². The van der Waals surface area contributed by atoms with Gasteiger partial charge < -0.3 is 9.47 Å². The van der Waals surface area contributed by atoms with Crippen LogP contribution in [0, 0.1) is 0 Å². The third kappa shape index (κ3) is 3.60. The highest BCUT2D eigenvalue weighted by Crippen LogP contribution is 2.34. The fourth-order valence-electron chi connectivity index (χ4n) is 3.98. The van der Waals surface area contributed by atoms with Gasteiger partial charge in [0.15, 0.2) is 0 Å². The molecule has 2 aromatic rings. The lowest BCUT2D eigenvalue weighted by Crippen LogP contribution is -2.32. The Kier molecular flexibility index (Phi) is 4.38. The summed E-state index contributed by atoms with van der Waals surface area (Å²) in [6, 6.07) is 10.0. The first kappa shape index (κ1) is 16.5. The zero-order chi connectivity index (χ0) is 18.1. The first-order valence-electron chi connectivity index (χ1n) is 9.69. The van der Waals surface area contributed by atoms with Crippen LogP contribution in [0.2, 0.25) is 0 Å². The maximum Gasteiger partial charge on any atom is 0.219 e. The Morgan fingerprint density at radius 2 is 2.07 bits per heavy atom. The summed E-state index contributed by atoms with van der Waals surface area (Å²) in [5.74, 6) is 2.30. The number of fused-ring (bicyclic) bond motifs is 1. The number of hydrogen-bond donors (Lipinski definition) is 0. The molecule has 1 unspecified atom stereocenters. The number of hydrogen-bond acceptors (Lipinski definition) is 5. The molecule has 0 aliphatic carbocycles. The molecule has 0 spiro atoms. The van der Waals surface area contributed by atoms with Gasteiger partial charge in [0.1, 0.15) is 17.6 Å². The zero-order valence-electron chi connectivity index (χ0n) is 15.3. The minimum Gasteiger partial charge on any atom is -0.488 e. The number of likely N-dealkylation sites (tertiary alicyclic amines) is 1. The van der Waals surface area contributed by atoms with E-state index in [4.69, 9.17) is 9.47 Å². The van der Waals surface area contributed by atoms with Crippen LogP contribution in [0.25, 0.3) is 5.57 Å². The van der Waals surface area contributed by atoms with Gasteiger partial charge in [-0.15, -0.1) is 0 Å². The molecular weight excluding hydrogens is 338 g/mol. The van der Waals surface area contributed by atoms with Gasteiger partial charge in [-0.05, 0) is 60.8 Å². The summed E-state index contributed by atoms with van der Waals surface area (Å²) in [4.78, 5) is 11.1. The Balaban J connectivity index is 1.23. The van der Waals surface area contributed by atoms with E-state index < -0.39 is 0 Å². The summed E-state index contributed by atoms with van der Waals surface area (Å²) in [6.45, 7) is 4.15. The van der Waals surface area contributed by atoms with E-state index in [2.05, 4.69) is 20.9 Å². The van der Waals surface area contributed by atoms with Gasteiger partial charge >= 0.3 is 0 Å². The number of allylic oxidation sites excluding steroid dienone is 1. The second-order valence-corrected chi connectivity index (χ2v) is 7.39. The van der Waals surface area contributed by atoms with Crippen molar-refractivity contribution in [3.05, 3.63) is 53.7 Å². The first-order valence-corrected chi connectivity index (χ1v) is 9.69. The van der Waals surface area contributed by atoms with E-state index >= 15 is 0 Å². The van der Waals surface area contributed by atoms with Crippen molar-refractivity contribution >= 4 is 11.8 Å². The van der Waals surface area contributed by atoms with E-state index in [1.165, 1.54) is 37.1 Å². The Bertz CT molecular complexity index is 883. The van der Waals surface area contributed by atoms with Gasteiger partial charge in [-0.25, -0.2) is 4.98 Å². The van der Waals surface area contributed by atoms with Crippen LogP contribution in [-0.4, -0.2) is 48.4 Å². The van der Waals surface area contributed by atoms with Gasteiger partial charge in [-0.2, -0.15) is 0 Å². The third-order valence-electron chi connectivity index (χ3n) is 5.41. The van der Waals surface area contributed by atoms with Gasteiger partial charge in [0.25, 0.3) is 0 Å². The molecule has 5 rings (SSSR count). The molecule has 1 atom stereocenters. The topological polar surface area (TPSA) is 47.0 Å². The Morgan fingerprint density at radius 3 is 2.85 bits per heavy atom. The number of aliphatic imine (C=N–C) groups is 1. The average molecular weight is 361 g/mol. The Morgan fingerprint density at radius 1 is 1.15 bits per heavy atom. The molecule has 3 aliphatic rings. The van der Waals surface area contributed by atoms with E-state index in [-0.39, 0.29) is 6.10 Å². The number of benzene rings is 1. The largest absolute Gasteiger partial charge is 0.488 e. The van der Waals surface area contributed by atoms with Crippen molar-refractivity contribution in [2.75, 3.05) is 26.2 Å². The third-order valence-corrected chi connectivity index (χ3v) is 5.41. The minimum atomic E-state index is 0.257. The lowest BCUT2D eigenvalue weighted by Gasteiger charge is -2.19. The smallest absolute Gasteiger partial charge is 0.219 e. The molecule has 1 fully saturated rings. The predicted molar refractivity (Wildman–Crippen MR) is 106 cm³/mol. The molecule has 5 nitrogen and oxygen atoms in total. The average Bonchev–Trinajstić information content (AvgIpc) is 3.44. The molecule has 138 valence electrons. The summed E-state index contributed by atoms with van der Waals surface area (Å²) >= 11 is 0. The monoisotopic (exact) mass is 361 g/mol. The highest BCUT2D eigenvalue weighted by atomic mass is 16.5. The fourth-order valence-corrected chi connectivity index (χ4v) is 3.98. The maximum absolute atomic E-state index is 6.17. The van der Waals surface area contributed by atoms with Crippen LogP contribution < -0.4 is 9.47 Å². The molecule has 27 heavy (non-hydrogen) atoms. The molecule has 0 radical (unpaired) electrons. The van der Waals surface area contributed by atoms with Gasteiger partial charge in [0, 0.05) is 37.5 Å². The lowest BCUT2D eigenvalue weighted by molar-refractivity contribution is 0.168. The Hall–Kier alpha value is -2.66. The summed E-state index contributed by atoms with van der Waals surface area (Å²) < 4.78 is 12.1. The highest BCUT2D eigenvalue weighted by Gasteiger charge is 2.26. The van der Waals surface area contributed by atoms with E-state index in [1.54, 1.807) is 0 Å². The van der Waals surface area contributed by atoms with Crippen LogP contribution in [0.5, 0.6) is 17.4 Å². The van der Waals surface area contributed by atoms with Gasteiger partial charge in [0.2, 0.25) is 5.88 Å². The van der Waals surface area contributed by atoms with Gasteiger partial charge in [-0.1, -0.05) is 6.07 Å². The number of aromatic nitrogens is 1. The normalized spacial score (nSPS) is 21.2. The van der Waals surface area contributed by atoms with E-state index in [0.717, 1.165) is 36.6 Å². The molecule has 0 amide bonds. The van der Waals surface area contributed by atoms with Crippen molar-refractivity contribution in [3.63, 3.8) is 0 Å². The molecule has 5 heteroatoms. The second kappa shape index (κ2) is 7.16. The molecule has 0 N–H and O–H groups in total. The Labute approximate surface area is 159 Å². The van der Waals surface area contributed by atoms with Crippen molar-refractivity contribution in [2.24, 2.45) is 4.99 Å². The van der Waals surface area contributed by atoms with Gasteiger partial charge in [0.05, 0.1) is 6.54 Å². The fraction of sp³-hybridized carbons (Fsp3) is 0.364.